The van der Waals surface area contributed by atoms with Crippen LogP contribution in [0.5, 0.6) is 0 Å². The van der Waals surface area contributed by atoms with E-state index in [4.69, 9.17) is 4.74 Å². The smallest absolute Gasteiger partial charge is 0.323 e. The van der Waals surface area contributed by atoms with Crippen molar-refractivity contribution in [3.05, 3.63) is 0 Å². The fourth-order valence-corrected chi connectivity index (χ4v) is 1.95. The Hall–Kier alpha value is -0.610. The molecule has 14 heavy (non-hydrogen) atoms. The molecule has 0 radical (unpaired) electrons. The number of hydrogen-bond acceptors (Lipinski definition) is 4. The summed E-state index contributed by atoms with van der Waals surface area (Å²) < 4.78 is 4.74. The van der Waals surface area contributed by atoms with E-state index in [1.54, 1.807) is 6.92 Å². The maximum absolute atomic E-state index is 11.4. The van der Waals surface area contributed by atoms with Crippen molar-refractivity contribution in [1.82, 2.24) is 4.90 Å². The molecule has 1 N–H and O–H groups in total. The minimum absolute atomic E-state index is 0.150. The van der Waals surface area contributed by atoms with Gasteiger partial charge in [-0.1, -0.05) is 6.42 Å². The standard InChI is InChI=1S/C10H19NO3/c1-8(12)7-11-6-4-3-5-9(11)10(13)14-2/h8-9,12H,3-7H2,1-2H3/t8?,9-/m1/s1. The van der Waals surface area contributed by atoms with Gasteiger partial charge in [-0.2, -0.15) is 0 Å². The van der Waals surface area contributed by atoms with Crippen molar-refractivity contribution >= 4 is 5.97 Å². The largest absolute Gasteiger partial charge is 0.468 e. The van der Waals surface area contributed by atoms with Crippen molar-refractivity contribution in [2.24, 2.45) is 0 Å². The summed E-state index contributed by atoms with van der Waals surface area (Å²) in [7, 11) is 1.41. The van der Waals surface area contributed by atoms with Crippen LogP contribution in [0.4, 0.5) is 0 Å². The Bertz CT molecular complexity index is 194. The number of carbonyl (C=O) groups excluding carboxylic acids is 1. The van der Waals surface area contributed by atoms with Crippen molar-refractivity contribution in [3.63, 3.8) is 0 Å². The number of nitrogens with zero attached hydrogens (tertiary/aromatic N) is 1. The predicted octanol–water partition coefficient (Wildman–Crippen LogP) is 0.395. The molecule has 1 unspecified atom stereocenters. The fraction of sp³-hybridized carbons (Fsp3) is 0.900. The number of ether oxygens (including phenoxy) is 1. The summed E-state index contributed by atoms with van der Waals surface area (Å²) in [6.45, 7) is 3.17. The lowest BCUT2D eigenvalue weighted by Crippen LogP contribution is -2.47. The van der Waals surface area contributed by atoms with Crippen LogP contribution in [0.3, 0.4) is 0 Å². The quantitative estimate of drug-likeness (QED) is 0.671. The van der Waals surface area contributed by atoms with Crippen molar-refractivity contribution in [2.45, 2.75) is 38.3 Å². The van der Waals surface area contributed by atoms with E-state index in [2.05, 4.69) is 0 Å². The van der Waals surface area contributed by atoms with Gasteiger partial charge in [-0.3, -0.25) is 9.69 Å². The van der Waals surface area contributed by atoms with Gasteiger partial charge in [-0.15, -0.1) is 0 Å². The van der Waals surface area contributed by atoms with Crippen LogP contribution in [0.2, 0.25) is 0 Å². The number of aliphatic hydroxyl groups is 1. The molecule has 4 nitrogen and oxygen atoms in total. The molecule has 0 saturated carbocycles. The Morgan fingerprint density at radius 2 is 2.36 bits per heavy atom. The Labute approximate surface area is 84.8 Å². The average Bonchev–Trinajstić information content (AvgIpc) is 2.16. The van der Waals surface area contributed by atoms with E-state index in [9.17, 15) is 9.90 Å². The highest BCUT2D eigenvalue weighted by Crippen LogP contribution is 2.18. The Balaban J connectivity index is 2.54. The number of esters is 1. The first-order chi connectivity index (χ1) is 6.65. The Morgan fingerprint density at radius 1 is 1.64 bits per heavy atom. The van der Waals surface area contributed by atoms with Crippen LogP contribution in [-0.4, -0.2) is 48.3 Å². The van der Waals surface area contributed by atoms with Crippen LogP contribution < -0.4 is 0 Å². The zero-order valence-corrected chi connectivity index (χ0v) is 8.90. The second-order valence-corrected chi connectivity index (χ2v) is 3.88. The number of β-amino-alcohol motifs (C(OH)–C–C–N with tert-alkyl or cyclic N) is 1. The van der Waals surface area contributed by atoms with E-state index >= 15 is 0 Å². The molecule has 82 valence electrons. The highest BCUT2D eigenvalue weighted by molar-refractivity contribution is 5.75. The number of likely N-dealkylation sites (tertiary alicyclic amines) is 1. The summed E-state index contributed by atoms with van der Waals surface area (Å²) in [5.74, 6) is -0.176. The molecule has 1 saturated heterocycles. The van der Waals surface area contributed by atoms with Crippen molar-refractivity contribution < 1.29 is 14.6 Å². The van der Waals surface area contributed by atoms with Crippen LogP contribution in [0.15, 0.2) is 0 Å². The number of piperidine rings is 1. The molecule has 2 atom stereocenters. The first-order valence-corrected chi connectivity index (χ1v) is 5.15. The normalized spacial score (nSPS) is 25.8. The summed E-state index contributed by atoms with van der Waals surface area (Å²) in [5.41, 5.74) is 0. The van der Waals surface area contributed by atoms with E-state index in [0.717, 1.165) is 25.8 Å². The lowest BCUT2D eigenvalue weighted by atomic mass is 10.0. The van der Waals surface area contributed by atoms with Gasteiger partial charge in [0, 0.05) is 6.54 Å². The molecule has 0 spiro atoms. The van der Waals surface area contributed by atoms with E-state index in [0.29, 0.717) is 6.54 Å². The topological polar surface area (TPSA) is 49.8 Å². The van der Waals surface area contributed by atoms with E-state index in [1.165, 1.54) is 7.11 Å². The summed E-state index contributed by atoms with van der Waals surface area (Å²) in [5, 5.41) is 9.28. The van der Waals surface area contributed by atoms with E-state index in [1.807, 2.05) is 4.90 Å². The number of hydrogen-bond donors (Lipinski definition) is 1. The maximum Gasteiger partial charge on any atom is 0.323 e. The van der Waals surface area contributed by atoms with Crippen molar-refractivity contribution in [1.29, 1.82) is 0 Å². The number of methoxy groups -OCH3 is 1. The van der Waals surface area contributed by atoms with Crippen molar-refractivity contribution in [3.8, 4) is 0 Å². The third-order valence-electron chi connectivity index (χ3n) is 2.59. The van der Waals surface area contributed by atoms with Crippen LogP contribution in [0, 0.1) is 0 Å². The summed E-state index contributed by atoms with van der Waals surface area (Å²) in [4.78, 5) is 13.4. The lowest BCUT2D eigenvalue weighted by molar-refractivity contribution is -0.148. The van der Waals surface area contributed by atoms with Crippen molar-refractivity contribution in [2.75, 3.05) is 20.2 Å². The molecule has 1 aliphatic rings. The van der Waals surface area contributed by atoms with Gasteiger partial charge in [-0.25, -0.2) is 0 Å². The van der Waals surface area contributed by atoms with Gasteiger partial charge < -0.3 is 9.84 Å². The zero-order chi connectivity index (χ0) is 10.6. The maximum atomic E-state index is 11.4. The fourth-order valence-electron chi connectivity index (χ4n) is 1.95. The summed E-state index contributed by atoms with van der Waals surface area (Å²) >= 11 is 0. The van der Waals surface area contributed by atoms with Gasteiger partial charge in [0.15, 0.2) is 0 Å². The molecule has 0 aliphatic carbocycles. The second-order valence-electron chi connectivity index (χ2n) is 3.88. The van der Waals surface area contributed by atoms with Gasteiger partial charge in [0.2, 0.25) is 0 Å². The van der Waals surface area contributed by atoms with Gasteiger partial charge in [0.25, 0.3) is 0 Å². The van der Waals surface area contributed by atoms with Gasteiger partial charge in [0.05, 0.1) is 13.2 Å². The van der Waals surface area contributed by atoms with Gasteiger partial charge in [0.1, 0.15) is 6.04 Å². The SMILES string of the molecule is COC(=O)[C@H]1CCCCN1CC(C)O. The molecule has 1 heterocycles. The van der Waals surface area contributed by atoms with Crippen LogP contribution in [0.1, 0.15) is 26.2 Å². The first kappa shape index (κ1) is 11.5. The van der Waals surface area contributed by atoms with Crippen LogP contribution in [0.25, 0.3) is 0 Å². The van der Waals surface area contributed by atoms with E-state index < -0.39 is 0 Å². The molecular formula is C10H19NO3. The molecule has 0 amide bonds. The minimum atomic E-state index is -0.389. The molecule has 1 rings (SSSR count). The molecule has 0 aromatic heterocycles. The zero-order valence-electron chi connectivity index (χ0n) is 8.90. The van der Waals surface area contributed by atoms with E-state index in [-0.39, 0.29) is 18.1 Å². The highest BCUT2D eigenvalue weighted by atomic mass is 16.5. The Morgan fingerprint density at radius 3 is 2.93 bits per heavy atom. The molecule has 0 aromatic carbocycles. The first-order valence-electron chi connectivity index (χ1n) is 5.15. The third-order valence-corrected chi connectivity index (χ3v) is 2.59. The Kier molecular flexibility index (Phi) is 4.35. The monoisotopic (exact) mass is 201 g/mol. The van der Waals surface area contributed by atoms with Gasteiger partial charge >= 0.3 is 5.97 Å². The molecule has 1 aliphatic heterocycles. The second kappa shape index (κ2) is 5.32. The molecule has 0 aromatic rings. The molecule has 4 heteroatoms. The summed E-state index contributed by atoms with van der Waals surface area (Å²) in [6.07, 6.45) is 2.62. The minimum Gasteiger partial charge on any atom is -0.468 e. The number of aliphatic hydroxyl groups excluding tert-OH is 1. The summed E-state index contributed by atoms with van der Waals surface area (Å²) in [6, 6.07) is -0.150. The third kappa shape index (κ3) is 2.96. The number of rotatable bonds is 3. The molecule has 1 fully saturated rings. The lowest BCUT2D eigenvalue weighted by Gasteiger charge is -2.34. The predicted molar refractivity (Wildman–Crippen MR) is 52.9 cm³/mol. The number of carbonyl (C=O) groups is 1. The van der Waals surface area contributed by atoms with Crippen LogP contribution >= 0.6 is 0 Å². The average molecular weight is 201 g/mol. The molecular weight excluding hydrogens is 182 g/mol. The molecule has 0 bridgehead atoms. The highest BCUT2D eigenvalue weighted by Gasteiger charge is 2.29. The van der Waals surface area contributed by atoms with Crippen LogP contribution in [-0.2, 0) is 9.53 Å². The van der Waals surface area contributed by atoms with Gasteiger partial charge in [-0.05, 0) is 26.3 Å².